The van der Waals surface area contributed by atoms with Crippen LogP contribution in [0.2, 0.25) is 0 Å². The molecule has 0 unspecified atom stereocenters. The Balaban J connectivity index is 3.57. The second-order valence-electron chi connectivity index (χ2n) is 6.55. The van der Waals surface area contributed by atoms with Crippen LogP contribution in [-0.2, 0) is 24.3 Å². The molecule has 0 radical (unpaired) electrons. The van der Waals surface area contributed by atoms with Crippen LogP contribution in [-0.4, -0.2) is 56.6 Å². The van der Waals surface area contributed by atoms with Gasteiger partial charge in [-0.25, -0.2) is 13.9 Å². The highest BCUT2D eigenvalue weighted by Crippen LogP contribution is 2.30. The molecule has 1 atom stereocenters. The van der Waals surface area contributed by atoms with Crippen LogP contribution in [0.15, 0.2) is 29.2 Å². The van der Waals surface area contributed by atoms with Crippen molar-refractivity contribution >= 4 is 21.9 Å². The topological polar surface area (TPSA) is 122 Å². The maximum absolute atomic E-state index is 13.2. The molecule has 0 aliphatic heterocycles. The summed E-state index contributed by atoms with van der Waals surface area (Å²) in [5, 5.41) is 9.07. The summed E-state index contributed by atoms with van der Waals surface area (Å²) in [6.45, 7) is 4.13. The fourth-order valence-electron chi connectivity index (χ4n) is 2.42. The summed E-state index contributed by atoms with van der Waals surface area (Å²) >= 11 is 0. The zero-order chi connectivity index (χ0) is 20.1. The number of sulfonamides is 1. The van der Waals surface area contributed by atoms with Gasteiger partial charge in [-0.3, -0.25) is 14.8 Å². The number of nitrogens with one attached hydrogen (secondary N) is 1. The highest BCUT2D eigenvalue weighted by atomic mass is 32.2. The minimum absolute atomic E-state index is 0.166. The van der Waals surface area contributed by atoms with Crippen LogP contribution >= 0.6 is 0 Å². The molecule has 1 aromatic carbocycles. The Hall–Kier alpha value is -2.17. The van der Waals surface area contributed by atoms with E-state index in [1.54, 1.807) is 26.8 Å². The lowest BCUT2D eigenvalue weighted by Gasteiger charge is -2.36. The van der Waals surface area contributed by atoms with Crippen LogP contribution < -0.4 is 10.2 Å². The van der Waals surface area contributed by atoms with Crippen molar-refractivity contribution in [2.45, 2.75) is 31.7 Å². The summed E-state index contributed by atoms with van der Waals surface area (Å²) in [4.78, 5) is 23.9. The van der Waals surface area contributed by atoms with Gasteiger partial charge >= 0.3 is 5.97 Å². The summed E-state index contributed by atoms with van der Waals surface area (Å²) < 4.78 is 36.6. The quantitative estimate of drug-likeness (QED) is 0.402. The van der Waals surface area contributed by atoms with Gasteiger partial charge in [0.1, 0.15) is 18.3 Å². The van der Waals surface area contributed by atoms with E-state index in [2.05, 4.69) is 4.74 Å². The Bertz CT molecular complexity index is 756. The average Bonchev–Trinajstić information content (AvgIpc) is 2.59. The van der Waals surface area contributed by atoms with Gasteiger partial charge in [-0.2, -0.15) is 4.31 Å². The number of methoxy groups -OCH3 is 2. The molecule has 0 saturated carbocycles. The van der Waals surface area contributed by atoms with E-state index in [0.717, 1.165) is 7.11 Å². The number of benzene rings is 1. The second kappa shape index (κ2) is 8.47. The van der Waals surface area contributed by atoms with Crippen LogP contribution in [0, 0.1) is 5.41 Å². The maximum Gasteiger partial charge on any atom is 0.321 e. The van der Waals surface area contributed by atoms with Crippen LogP contribution in [0.4, 0.5) is 0 Å². The molecule has 10 heteroatoms. The molecule has 0 bridgehead atoms. The van der Waals surface area contributed by atoms with Gasteiger partial charge in [-0.15, -0.1) is 0 Å². The van der Waals surface area contributed by atoms with Gasteiger partial charge in [0.15, 0.2) is 0 Å². The van der Waals surface area contributed by atoms with Gasteiger partial charge in [-0.05, 0) is 17.5 Å². The number of amides is 1. The third-order valence-electron chi connectivity index (χ3n) is 3.63. The SMILES string of the molecule is COC(=O)CN([C@@H](C(=O)NO)C(C)(C)C)S(=O)(=O)c1cccc(OC)c1. The Morgan fingerprint density at radius 1 is 1.27 bits per heavy atom. The third kappa shape index (κ3) is 4.93. The highest BCUT2D eigenvalue weighted by Gasteiger charge is 2.44. The third-order valence-corrected chi connectivity index (χ3v) is 5.43. The Kier molecular flexibility index (Phi) is 7.13. The highest BCUT2D eigenvalue weighted by molar-refractivity contribution is 7.89. The number of hydrogen-bond donors (Lipinski definition) is 2. The van der Waals surface area contributed by atoms with Gasteiger partial charge in [-0.1, -0.05) is 26.8 Å². The van der Waals surface area contributed by atoms with Crippen molar-refractivity contribution in [1.29, 1.82) is 0 Å². The van der Waals surface area contributed by atoms with Crippen molar-refractivity contribution in [2.75, 3.05) is 20.8 Å². The molecule has 0 fully saturated rings. The number of carbonyl (C=O) groups excluding carboxylic acids is 2. The van der Waals surface area contributed by atoms with E-state index in [0.29, 0.717) is 10.1 Å². The van der Waals surface area contributed by atoms with Crippen molar-refractivity contribution in [3.05, 3.63) is 24.3 Å². The number of nitrogens with zero attached hydrogens (tertiary/aromatic N) is 1. The first kappa shape index (κ1) is 21.9. The monoisotopic (exact) mass is 388 g/mol. The van der Waals surface area contributed by atoms with Gasteiger partial charge < -0.3 is 9.47 Å². The zero-order valence-electron chi connectivity index (χ0n) is 15.3. The van der Waals surface area contributed by atoms with E-state index >= 15 is 0 Å². The number of rotatable bonds is 7. The normalized spacial score (nSPS) is 13.2. The standard InChI is InChI=1S/C16H24N2O7S/c1-16(2,3)14(15(20)17-21)18(10-13(19)25-5)26(22,23)12-8-6-7-11(9-12)24-4/h6-9,14,21H,10H2,1-5H3,(H,17,20)/t14-/m0/s1. The van der Waals surface area contributed by atoms with Crippen LogP contribution in [0.5, 0.6) is 5.75 Å². The number of hydroxylamine groups is 1. The largest absolute Gasteiger partial charge is 0.497 e. The Morgan fingerprint density at radius 3 is 2.35 bits per heavy atom. The van der Waals surface area contributed by atoms with Gasteiger partial charge in [0.05, 0.1) is 19.1 Å². The van der Waals surface area contributed by atoms with Gasteiger partial charge in [0, 0.05) is 6.07 Å². The zero-order valence-corrected chi connectivity index (χ0v) is 16.2. The Labute approximate surface area is 152 Å². The van der Waals surface area contributed by atoms with Crippen LogP contribution in [0.25, 0.3) is 0 Å². The van der Waals surface area contributed by atoms with Crippen molar-refractivity contribution in [3.8, 4) is 5.75 Å². The van der Waals surface area contributed by atoms with E-state index in [4.69, 9.17) is 9.94 Å². The molecule has 26 heavy (non-hydrogen) atoms. The molecule has 1 amide bonds. The molecule has 0 saturated heterocycles. The van der Waals surface area contributed by atoms with Crippen molar-refractivity contribution in [1.82, 2.24) is 9.79 Å². The fourth-order valence-corrected chi connectivity index (χ4v) is 4.17. The summed E-state index contributed by atoms with van der Waals surface area (Å²) in [5.41, 5.74) is 0.530. The van der Waals surface area contributed by atoms with Gasteiger partial charge in [0.25, 0.3) is 5.91 Å². The van der Waals surface area contributed by atoms with Crippen molar-refractivity contribution < 1.29 is 32.7 Å². The molecule has 146 valence electrons. The molecule has 0 aliphatic rings. The summed E-state index contributed by atoms with van der Waals surface area (Å²) in [6, 6.07) is 4.25. The molecule has 9 nitrogen and oxygen atoms in total. The van der Waals surface area contributed by atoms with Crippen molar-refractivity contribution in [2.24, 2.45) is 5.41 Å². The number of hydrogen-bond acceptors (Lipinski definition) is 7. The average molecular weight is 388 g/mol. The number of ether oxygens (including phenoxy) is 2. The molecule has 1 aromatic rings. The first-order chi connectivity index (χ1) is 12.0. The number of esters is 1. The lowest BCUT2D eigenvalue weighted by molar-refractivity contribution is -0.143. The van der Waals surface area contributed by atoms with E-state index in [9.17, 15) is 18.0 Å². The molecule has 1 rings (SSSR count). The van der Waals surface area contributed by atoms with E-state index in [1.165, 1.54) is 30.8 Å². The lowest BCUT2D eigenvalue weighted by atomic mass is 9.86. The maximum atomic E-state index is 13.2. The first-order valence-corrected chi connectivity index (χ1v) is 9.09. The smallest absolute Gasteiger partial charge is 0.321 e. The van der Waals surface area contributed by atoms with Gasteiger partial charge in [0.2, 0.25) is 10.0 Å². The molecule has 0 aliphatic carbocycles. The van der Waals surface area contributed by atoms with Crippen LogP contribution in [0.3, 0.4) is 0 Å². The van der Waals surface area contributed by atoms with Crippen molar-refractivity contribution in [3.63, 3.8) is 0 Å². The predicted octanol–water partition coefficient (Wildman–Crippen LogP) is 0.779. The van der Waals surface area contributed by atoms with E-state index in [1.807, 2.05) is 0 Å². The fraction of sp³-hybridized carbons (Fsp3) is 0.500. The summed E-state index contributed by atoms with van der Waals surface area (Å²) in [6.07, 6.45) is 0. The Morgan fingerprint density at radius 2 is 1.88 bits per heavy atom. The molecular formula is C16H24N2O7S. The molecule has 0 aromatic heterocycles. The first-order valence-electron chi connectivity index (χ1n) is 7.65. The minimum atomic E-state index is -4.30. The lowest BCUT2D eigenvalue weighted by Crippen LogP contribution is -2.56. The minimum Gasteiger partial charge on any atom is -0.497 e. The van der Waals surface area contributed by atoms with Crippen LogP contribution in [0.1, 0.15) is 20.8 Å². The summed E-state index contributed by atoms with van der Waals surface area (Å²) in [5.74, 6) is -1.52. The van der Waals surface area contributed by atoms with E-state index < -0.39 is 39.9 Å². The molecular weight excluding hydrogens is 364 g/mol. The number of carbonyl (C=O) groups is 2. The molecule has 2 N–H and O–H groups in total. The van der Waals surface area contributed by atoms with E-state index in [-0.39, 0.29) is 4.90 Å². The predicted molar refractivity (Wildman–Crippen MR) is 92.1 cm³/mol. The second-order valence-corrected chi connectivity index (χ2v) is 8.44. The molecule has 0 heterocycles. The summed E-state index contributed by atoms with van der Waals surface area (Å²) in [7, 11) is -1.80. The molecule has 0 spiro atoms.